The van der Waals surface area contributed by atoms with Crippen molar-refractivity contribution in [3.05, 3.63) is 0 Å². The maximum absolute atomic E-state index is 5.71. The molecule has 2 aliphatic carbocycles. The lowest BCUT2D eigenvalue weighted by Crippen LogP contribution is -2.15. The van der Waals surface area contributed by atoms with E-state index in [-0.39, 0.29) is 0 Å². The number of ether oxygens (including phenoxy) is 1. The molecule has 1 heterocycles. The molecule has 0 radical (unpaired) electrons. The van der Waals surface area contributed by atoms with Crippen molar-refractivity contribution in [3.63, 3.8) is 0 Å². The fourth-order valence-electron chi connectivity index (χ4n) is 3.85. The summed E-state index contributed by atoms with van der Waals surface area (Å²) in [5.41, 5.74) is 0. The summed E-state index contributed by atoms with van der Waals surface area (Å²) >= 11 is 0. The summed E-state index contributed by atoms with van der Waals surface area (Å²) in [6, 6.07) is 0. The number of rotatable bonds is 1. The molecule has 86 valence electrons. The second-order valence-electron chi connectivity index (χ2n) is 5.89. The van der Waals surface area contributed by atoms with Crippen LogP contribution in [0.1, 0.15) is 64.2 Å². The third-order valence-corrected chi connectivity index (χ3v) is 4.85. The van der Waals surface area contributed by atoms with Crippen LogP contribution in [0, 0.1) is 11.8 Å². The summed E-state index contributed by atoms with van der Waals surface area (Å²) in [6.45, 7) is 0. The van der Waals surface area contributed by atoms with Crippen molar-refractivity contribution in [1.82, 2.24) is 0 Å². The molecule has 0 N–H and O–H groups in total. The summed E-state index contributed by atoms with van der Waals surface area (Å²) in [7, 11) is 0. The average Bonchev–Trinajstić information content (AvgIpc) is 3.00. The van der Waals surface area contributed by atoms with Gasteiger partial charge >= 0.3 is 0 Å². The Labute approximate surface area is 93.6 Å². The second kappa shape index (κ2) is 4.45. The zero-order valence-electron chi connectivity index (χ0n) is 9.79. The molecule has 3 rings (SSSR count). The van der Waals surface area contributed by atoms with E-state index < -0.39 is 0 Å². The molecule has 1 heteroatoms. The smallest absolute Gasteiger partial charge is 0.0844 e. The summed E-state index contributed by atoms with van der Waals surface area (Å²) < 4.78 is 5.71. The zero-order chi connectivity index (χ0) is 10.1. The molecule has 0 bridgehead atoms. The maximum atomic E-state index is 5.71. The van der Waals surface area contributed by atoms with Gasteiger partial charge in [-0.2, -0.15) is 0 Å². The van der Waals surface area contributed by atoms with E-state index in [1.807, 2.05) is 0 Å². The van der Waals surface area contributed by atoms with Gasteiger partial charge in [-0.3, -0.25) is 0 Å². The van der Waals surface area contributed by atoms with Gasteiger partial charge < -0.3 is 4.74 Å². The van der Waals surface area contributed by atoms with Gasteiger partial charge in [0.1, 0.15) is 0 Å². The van der Waals surface area contributed by atoms with Crippen LogP contribution in [0.25, 0.3) is 0 Å². The highest BCUT2D eigenvalue weighted by atomic mass is 16.6. The van der Waals surface area contributed by atoms with Gasteiger partial charge in [0.15, 0.2) is 0 Å². The first-order valence-electron chi connectivity index (χ1n) is 7.09. The van der Waals surface area contributed by atoms with Crippen LogP contribution in [-0.4, -0.2) is 12.2 Å². The van der Waals surface area contributed by atoms with Crippen molar-refractivity contribution in [2.24, 2.45) is 11.8 Å². The first kappa shape index (κ1) is 10.1. The lowest BCUT2D eigenvalue weighted by Gasteiger charge is -2.24. The number of epoxide rings is 1. The SMILES string of the molecule is C1CCCC(C2CCCC3OC3C2)CC1. The predicted octanol–water partition coefficient (Wildman–Crippen LogP) is 3.91. The van der Waals surface area contributed by atoms with Crippen molar-refractivity contribution in [2.75, 3.05) is 0 Å². The third kappa shape index (κ3) is 2.38. The van der Waals surface area contributed by atoms with Crippen LogP contribution >= 0.6 is 0 Å². The quantitative estimate of drug-likeness (QED) is 0.470. The van der Waals surface area contributed by atoms with Crippen molar-refractivity contribution in [2.45, 2.75) is 76.4 Å². The van der Waals surface area contributed by atoms with E-state index in [0.29, 0.717) is 12.2 Å². The molecule has 1 nitrogen and oxygen atoms in total. The van der Waals surface area contributed by atoms with Crippen LogP contribution in [0.5, 0.6) is 0 Å². The highest BCUT2D eigenvalue weighted by molar-refractivity contribution is 4.91. The minimum atomic E-state index is 0.681. The third-order valence-electron chi connectivity index (χ3n) is 4.85. The Morgan fingerprint density at radius 2 is 1.33 bits per heavy atom. The molecule has 0 aromatic heterocycles. The molecule has 0 amide bonds. The summed E-state index contributed by atoms with van der Waals surface area (Å²) in [5, 5.41) is 0. The molecule has 0 spiro atoms. The number of fused-ring (bicyclic) bond motifs is 1. The molecule has 3 atom stereocenters. The van der Waals surface area contributed by atoms with E-state index in [4.69, 9.17) is 4.74 Å². The molecular weight excluding hydrogens is 184 g/mol. The zero-order valence-corrected chi connectivity index (χ0v) is 9.79. The Balaban J connectivity index is 1.58. The summed E-state index contributed by atoms with van der Waals surface area (Å²) in [6.07, 6.45) is 16.1. The fourth-order valence-corrected chi connectivity index (χ4v) is 3.85. The Bertz CT molecular complexity index is 205. The lowest BCUT2D eigenvalue weighted by molar-refractivity contribution is 0.224. The number of hydrogen-bond donors (Lipinski definition) is 0. The summed E-state index contributed by atoms with van der Waals surface area (Å²) in [4.78, 5) is 0. The highest BCUT2D eigenvalue weighted by Gasteiger charge is 2.43. The predicted molar refractivity (Wildman–Crippen MR) is 61.8 cm³/mol. The van der Waals surface area contributed by atoms with Crippen molar-refractivity contribution in [3.8, 4) is 0 Å². The van der Waals surface area contributed by atoms with Gasteiger partial charge in [-0.1, -0.05) is 44.9 Å². The normalized spacial score (nSPS) is 42.8. The molecule has 1 saturated heterocycles. The molecule has 0 aromatic carbocycles. The highest BCUT2D eigenvalue weighted by Crippen LogP contribution is 2.43. The molecular formula is C14H24O. The fraction of sp³-hybridized carbons (Fsp3) is 1.00. The van der Waals surface area contributed by atoms with Gasteiger partial charge in [-0.25, -0.2) is 0 Å². The second-order valence-corrected chi connectivity index (χ2v) is 5.89. The first-order valence-corrected chi connectivity index (χ1v) is 7.09. The van der Waals surface area contributed by atoms with Gasteiger partial charge in [0.25, 0.3) is 0 Å². The standard InChI is InChI=1S/C14H24O/c1-2-4-7-11(6-3-1)12-8-5-9-13-14(10-12)15-13/h11-14H,1-10H2. The van der Waals surface area contributed by atoms with E-state index in [9.17, 15) is 0 Å². The molecule has 15 heavy (non-hydrogen) atoms. The van der Waals surface area contributed by atoms with Gasteiger partial charge in [-0.15, -0.1) is 0 Å². The minimum Gasteiger partial charge on any atom is -0.370 e. The van der Waals surface area contributed by atoms with E-state index in [2.05, 4.69) is 0 Å². The van der Waals surface area contributed by atoms with Gasteiger partial charge in [0.05, 0.1) is 12.2 Å². The van der Waals surface area contributed by atoms with E-state index >= 15 is 0 Å². The van der Waals surface area contributed by atoms with Crippen molar-refractivity contribution < 1.29 is 4.74 Å². The van der Waals surface area contributed by atoms with Crippen LogP contribution in [0.2, 0.25) is 0 Å². The van der Waals surface area contributed by atoms with Crippen LogP contribution in [0.15, 0.2) is 0 Å². The molecule has 3 unspecified atom stereocenters. The van der Waals surface area contributed by atoms with Crippen LogP contribution in [-0.2, 0) is 4.74 Å². The van der Waals surface area contributed by atoms with Crippen LogP contribution in [0.4, 0.5) is 0 Å². The largest absolute Gasteiger partial charge is 0.370 e. The van der Waals surface area contributed by atoms with Crippen LogP contribution in [0.3, 0.4) is 0 Å². The first-order chi connectivity index (χ1) is 7.43. The Kier molecular flexibility index (Phi) is 3.01. The average molecular weight is 208 g/mol. The van der Waals surface area contributed by atoms with Gasteiger partial charge in [0, 0.05) is 0 Å². The lowest BCUT2D eigenvalue weighted by atomic mass is 9.81. The van der Waals surface area contributed by atoms with E-state index in [1.165, 1.54) is 64.2 Å². The van der Waals surface area contributed by atoms with E-state index in [1.54, 1.807) is 0 Å². The van der Waals surface area contributed by atoms with Gasteiger partial charge in [0.2, 0.25) is 0 Å². The topological polar surface area (TPSA) is 12.5 Å². The molecule has 3 aliphatic rings. The minimum absolute atomic E-state index is 0.681. The molecule has 1 aliphatic heterocycles. The molecule has 2 saturated carbocycles. The van der Waals surface area contributed by atoms with E-state index in [0.717, 1.165) is 11.8 Å². The Hall–Kier alpha value is -0.0400. The van der Waals surface area contributed by atoms with Gasteiger partial charge in [-0.05, 0) is 31.1 Å². The van der Waals surface area contributed by atoms with Crippen LogP contribution < -0.4 is 0 Å². The number of hydrogen-bond acceptors (Lipinski definition) is 1. The maximum Gasteiger partial charge on any atom is 0.0844 e. The Morgan fingerprint density at radius 3 is 2.13 bits per heavy atom. The summed E-state index contributed by atoms with van der Waals surface area (Å²) in [5.74, 6) is 2.07. The van der Waals surface area contributed by atoms with Crippen molar-refractivity contribution in [1.29, 1.82) is 0 Å². The van der Waals surface area contributed by atoms with Crippen molar-refractivity contribution >= 4 is 0 Å². The molecule has 3 fully saturated rings. The monoisotopic (exact) mass is 208 g/mol. The molecule has 0 aromatic rings. The Morgan fingerprint density at radius 1 is 0.600 bits per heavy atom.